The largest absolute Gasteiger partial charge is 0.494 e. The normalized spacial score (nSPS) is 11.3. The molecule has 2 rings (SSSR count). The monoisotopic (exact) mass is 406 g/mol. The number of nitro benzene ring substituents is 1. The van der Waals surface area contributed by atoms with Gasteiger partial charge in [0.25, 0.3) is 11.6 Å². The molecule has 0 bridgehead atoms. The Morgan fingerprint density at radius 3 is 2.41 bits per heavy atom. The third kappa shape index (κ3) is 5.46. The maximum atomic E-state index is 12.6. The van der Waals surface area contributed by atoms with E-state index in [1.54, 1.807) is 6.07 Å². The van der Waals surface area contributed by atoms with Crippen LogP contribution in [0.3, 0.4) is 0 Å². The third-order valence-electron chi connectivity index (χ3n) is 3.60. The van der Waals surface area contributed by atoms with E-state index in [1.165, 1.54) is 13.2 Å². The van der Waals surface area contributed by atoms with E-state index < -0.39 is 22.6 Å². The summed E-state index contributed by atoms with van der Waals surface area (Å²) >= 11 is 0. The first-order valence-corrected chi connectivity index (χ1v) is 7.83. The third-order valence-corrected chi connectivity index (χ3v) is 3.60. The van der Waals surface area contributed by atoms with Gasteiger partial charge in [0.05, 0.1) is 29.4 Å². The quantitative estimate of drug-likeness (QED) is 0.323. The minimum atomic E-state index is -4.48. The second-order valence-corrected chi connectivity index (χ2v) is 5.49. The second kappa shape index (κ2) is 8.75. The van der Waals surface area contributed by atoms with E-state index >= 15 is 0 Å². The number of benzene rings is 2. The van der Waals surface area contributed by atoms with Crippen LogP contribution in [0.1, 0.15) is 5.56 Å². The summed E-state index contributed by atoms with van der Waals surface area (Å²) in [4.78, 5) is 22.4. The highest BCUT2D eigenvalue weighted by molar-refractivity contribution is 6.07. The number of anilines is 2. The molecule has 0 aliphatic heterocycles. The Morgan fingerprint density at radius 2 is 1.90 bits per heavy atom. The zero-order chi connectivity index (χ0) is 21.6. The predicted molar refractivity (Wildman–Crippen MR) is 97.0 cm³/mol. The van der Waals surface area contributed by atoms with Crippen LogP contribution < -0.4 is 15.4 Å². The molecule has 11 heteroatoms. The number of hydrogen-bond acceptors (Lipinski definition) is 6. The summed E-state index contributed by atoms with van der Waals surface area (Å²) in [6.45, 7) is 0. The van der Waals surface area contributed by atoms with Gasteiger partial charge >= 0.3 is 6.18 Å². The summed E-state index contributed by atoms with van der Waals surface area (Å²) in [6, 6.07) is 9.14. The standard InChI is InChI=1S/C18H13F3N4O4/c1-29-16-8-14(25(27)28)6-7-15(16)24-17(26)11(9-22)10-23-13-4-2-12(3-5-13)18(19,20)21/h2-8,10,23H,1H3,(H,24,26)/b11-10-. The molecular weight excluding hydrogens is 393 g/mol. The first-order valence-electron chi connectivity index (χ1n) is 7.83. The first kappa shape index (κ1) is 21.2. The molecule has 0 saturated carbocycles. The maximum absolute atomic E-state index is 12.6. The SMILES string of the molecule is COc1cc([N+](=O)[O-])ccc1NC(=O)/C(C#N)=C\Nc1ccc(C(F)(F)F)cc1. The van der Waals surface area contributed by atoms with Crippen LogP contribution >= 0.6 is 0 Å². The number of non-ortho nitro benzene ring substituents is 1. The van der Waals surface area contributed by atoms with E-state index in [9.17, 15) is 28.1 Å². The van der Waals surface area contributed by atoms with Gasteiger partial charge in [0.2, 0.25) is 0 Å². The lowest BCUT2D eigenvalue weighted by Gasteiger charge is -2.10. The zero-order valence-electron chi connectivity index (χ0n) is 14.8. The molecule has 0 atom stereocenters. The number of ether oxygens (including phenoxy) is 1. The molecule has 0 radical (unpaired) electrons. The van der Waals surface area contributed by atoms with Gasteiger partial charge in [-0.05, 0) is 30.3 Å². The van der Waals surface area contributed by atoms with Crippen molar-refractivity contribution in [2.24, 2.45) is 0 Å². The number of rotatable bonds is 6. The molecule has 0 unspecified atom stereocenters. The van der Waals surface area contributed by atoms with E-state index in [-0.39, 0.29) is 28.4 Å². The molecule has 0 fully saturated rings. The fourth-order valence-electron chi connectivity index (χ4n) is 2.15. The van der Waals surface area contributed by atoms with Gasteiger partial charge in [-0.25, -0.2) is 0 Å². The molecule has 0 heterocycles. The Hall–Kier alpha value is -4.07. The van der Waals surface area contributed by atoms with Crippen LogP contribution in [0, 0.1) is 21.4 Å². The van der Waals surface area contributed by atoms with Crippen molar-refractivity contribution in [3.8, 4) is 11.8 Å². The smallest absolute Gasteiger partial charge is 0.416 e. The van der Waals surface area contributed by atoms with Crippen LogP contribution in [0.2, 0.25) is 0 Å². The molecule has 0 saturated heterocycles. The second-order valence-electron chi connectivity index (χ2n) is 5.49. The number of nitriles is 1. The fourth-order valence-corrected chi connectivity index (χ4v) is 2.15. The highest BCUT2D eigenvalue weighted by Gasteiger charge is 2.29. The summed E-state index contributed by atoms with van der Waals surface area (Å²) < 4.78 is 42.7. The maximum Gasteiger partial charge on any atom is 0.416 e. The average molecular weight is 406 g/mol. The molecular formula is C18H13F3N4O4. The molecule has 0 aliphatic carbocycles. The van der Waals surface area contributed by atoms with E-state index in [0.717, 1.165) is 42.6 Å². The van der Waals surface area contributed by atoms with Gasteiger partial charge in [-0.15, -0.1) is 0 Å². The van der Waals surface area contributed by atoms with Gasteiger partial charge in [0, 0.05) is 18.0 Å². The molecule has 29 heavy (non-hydrogen) atoms. The molecule has 1 amide bonds. The Morgan fingerprint density at radius 1 is 1.24 bits per heavy atom. The molecule has 2 aromatic carbocycles. The van der Waals surface area contributed by atoms with Gasteiger partial charge in [-0.3, -0.25) is 14.9 Å². The lowest BCUT2D eigenvalue weighted by molar-refractivity contribution is -0.384. The van der Waals surface area contributed by atoms with Crippen molar-refractivity contribution in [1.82, 2.24) is 0 Å². The highest BCUT2D eigenvalue weighted by atomic mass is 19.4. The summed E-state index contributed by atoms with van der Waals surface area (Å²) in [7, 11) is 1.25. The number of nitro groups is 1. The van der Waals surface area contributed by atoms with Gasteiger partial charge in [-0.1, -0.05) is 0 Å². The van der Waals surface area contributed by atoms with E-state index in [4.69, 9.17) is 10.00 Å². The number of halogens is 3. The number of carbonyl (C=O) groups excluding carboxylic acids is 1. The topological polar surface area (TPSA) is 117 Å². The summed E-state index contributed by atoms with van der Waals surface area (Å²) in [5.74, 6) is -0.834. The molecule has 2 N–H and O–H groups in total. The number of nitrogens with one attached hydrogen (secondary N) is 2. The van der Waals surface area contributed by atoms with Crippen LogP contribution in [-0.2, 0) is 11.0 Å². The lowest BCUT2D eigenvalue weighted by atomic mass is 10.2. The van der Waals surface area contributed by atoms with Crippen molar-refractivity contribution >= 4 is 23.0 Å². The van der Waals surface area contributed by atoms with Crippen LogP contribution in [0.5, 0.6) is 5.75 Å². The van der Waals surface area contributed by atoms with Crippen molar-refractivity contribution in [2.45, 2.75) is 6.18 Å². The van der Waals surface area contributed by atoms with Gasteiger partial charge in [0.1, 0.15) is 17.4 Å². The van der Waals surface area contributed by atoms with Crippen LogP contribution in [-0.4, -0.2) is 17.9 Å². The van der Waals surface area contributed by atoms with E-state index in [0.29, 0.717) is 0 Å². The molecule has 0 aliphatic rings. The number of alkyl halides is 3. The van der Waals surface area contributed by atoms with Gasteiger partial charge < -0.3 is 15.4 Å². The van der Waals surface area contributed by atoms with E-state index in [1.807, 2.05) is 0 Å². The summed E-state index contributed by atoms with van der Waals surface area (Å²) in [6.07, 6.45) is -3.45. The molecule has 2 aromatic rings. The van der Waals surface area contributed by atoms with Crippen molar-refractivity contribution in [3.63, 3.8) is 0 Å². The minimum Gasteiger partial charge on any atom is -0.494 e. The van der Waals surface area contributed by atoms with E-state index in [2.05, 4.69) is 10.6 Å². The Bertz CT molecular complexity index is 996. The lowest BCUT2D eigenvalue weighted by Crippen LogP contribution is -2.15. The molecule has 150 valence electrons. The molecule has 0 spiro atoms. The van der Waals surface area contributed by atoms with Gasteiger partial charge in [0.15, 0.2) is 0 Å². The number of amides is 1. The summed E-state index contributed by atoms with van der Waals surface area (Å²) in [5.41, 5.74) is -1.15. The fraction of sp³-hybridized carbons (Fsp3) is 0.111. The van der Waals surface area contributed by atoms with Crippen LogP contribution in [0.15, 0.2) is 54.2 Å². The number of nitrogens with zero attached hydrogens (tertiary/aromatic N) is 2. The predicted octanol–water partition coefficient (Wildman–Crippen LogP) is 4.08. The molecule has 0 aromatic heterocycles. The highest BCUT2D eigenvalue weighted by Crippen LogP contribution is 2.30. The number of carbonyl (C=O) groups is 1. The summed E-state index contributed by atoms with van der Waals surface area (Å²) in [5, 5.41) is 24.9. The van der Waals surface area contributed by atoms with Gasteiger partial charge in [-0.2, -0.15) is 18.4 Å². The van der Waals surface area contributed by atoms with Crippen molar-refractivity contribution in [2.75, 3.05) is 17.7 Å². The molecule has 8 nitrogen and oxygen atoms in total. The first-order chi connectivity index (χ1) is 13.7. The number of hydrogen-bond donors (Lipinski definition) is 2. The number of methoxy groups -OCH3 is 1. The Labute approximate surface area is 162 Å². The van der Waals surface area contributed by atoms with Crippen molar-refractivity contribution < 1.29 is 27.6 Å². The zero-order valence-corrected chi connectivity index (χ0v) is 14.8. The Balaban J connectivity index is 2.14. The van der Waals surface area contributed by atoms with Crippen LogP contribution in [0.4, 0.5) is 30.2 Å². The van der Waals surface area contributed by atoms with Crippen molar-refractivity contribution in [3.05, 3.63) is 69.9 Å². The Kier molecular flexibility index (Phi) is 6.40. The average Bonchev–Trinajstić information content (AvgIpc) is 2.68. The van der Waals surface area contributed by atoms with Crippen LogP contribution in [0.25, 0.3) is 0 Å². The van der Waals surface area contributed by atoms with Crippen molar-refractivity contribution in [1.29, 1.82) is 5.26 Å². The minimum absolute atomic E-state index is 0.0144.